The van der Waals surface area contributed by atoms with Crippen LogP contribution in [-0.4, -0.2) is 69.8 Å². The lowest BCUT2D eigenvalue weighted by Crippen LogP contribution is -2.57. The molecule has 0 aliphatic rings. The molecule has 7 N–H and O–H groups in total. The average Bonchev–Trinajstić information content (AvgIpc) is 2.60. The Bertz CT molecular complexity index is 600. The summed E-state index contributed by atoms with van der Waals surface area (Å²) in [5.41, 5.74) is 5.58. The second kappa shape index (κ2) is 12.2. The summed E-state index contributed by atoms with van der Waals surface area (Å²) in [5, 5.41) is 24.7. The lowest BCUT2D eigenvalue weighted by atomic mass is 10.0. The number of nitrogens with two attached hydrogens (primary N) is 1. The minimum Gasteiger partial charge on any atom is -0.481 e. The lowest BCUT2D eigenvalue weighted by Gasteiger charge is -2.23. The Morgan fingerprint density at radius 2 is 1.50 bits per heavy atom. The Balaban J connectivity index is 4.77. The van der Waals surface area contributed by atoms with E-state index >= 15 is 0 Å². The highest BCUT2D eigenvalue weighted by Gasteiger charge is 2.28. The first kappa shape index (κ1) is 25.7. The largest absolute Gasteiger partial charge is 0.481 e. The summed E-state index contributed by atoms with van der Waals surface area (Å²) in [5.74, 6) is -4.89. The molecule has 0 aliphatic carbocycles. The summed E-state index contributed by atoms with van der Waals surface area (Å²) < 4.78 is 0. The van der Waals surface area contributed by atoms with Gasteiger partial charge in [0, 0.05) is 12.2 Å². The molecule has 0 saturated heterocycles. The van der Waals surface area contributed by atoms with Crippen LogP contribution in [-0.2, 0) is 24.0 Å². The summed E-state index contributed by atoms with van der Waals surface area (Å²) >= 11 is 3.98. The van der Waals surface area contributed by atoms with E-state index in [2.05, 4.69) is 28.6 Å². The van der Waals surface area contributed by atoms with E-state index < -0.39 is 53.8 Å². The molecular weight excluding hydrogens is 392 g/mol. The molecule has 11 nitrogen and oxygen atoms in total. The van der Waals surface area contributed by atoms with Gasteiger partial charge in [-0.25, -0.2) is 4.79 Å². The molecule has 0 spiro atoms. The molecule has 4 unspecified atom stereocenters. The van der Waals surface area contributed by atoms with E-state index in [0.29, 0.717) is 0 Å². The number of hydrogen-bond acceptors (Lipinski definition) is 7. The van der Waals surface area contributed by atoms with Crippen LogP contribution in [0.3, 0.4) is 0 Å². The molecule has 0 aliphatic heterocycles. The van der Waals surface area contributed by atoms with Crippen molar-refractivity contribution < 1.29 is 34.2 Å². The third kappa shape index (κ3) is 9.04. The Kier molecular flexibility index (Phi) is 11.2. The molecule has 28 heavy (non-hydrogen) atoms. The topological polar surface area (TPSA) is 188 Å². The third-order valence-corrected chi connectivity index (χ3v) is 4.17. The second-order valence-electron chi connectivity index (χ2n) is 6.58. The van der Waals surface area contributed by atoms with E-state index in [-0.39, 0.29) is 24.5 Å². The van der Waals surface area contributed by atoms with Crippen molar-refractivity contribution in [2.24, 2.45) is 11.7 Å². The van der Waals surface area contributed by atoms with E-state index in [1.807, 2.05) is 0 Å². The molecule has 0 aromatic heterocycles. The SMILES string of the molecule is CC(NC(=O)C(CS)NC(=O)C(N)CCC(=O)O)C(=O)NC(C(=O)O)C(C)C. The summed E-state index contributed by atoms with van der Waals surface area (Å²) in [4.78, 5) is 58.0. The quantitative estimate of drug-likeness (QED) is 0.182. The Morgan fingerprint density at radius 3 is 1.93 bits per heavy atom. The number of hydrogen-bond donors (Lipinski definition) is 7. The third-order valence-electron chi connectivity index (χ3n) is 3.80. The standard InChI is InChI=1S/C16H28N4O7S/c1-7(2)12(16(26)27)20-13(23)8(3)18-15(25)10(6-28)19-14(24)9(17)4-5-11(21)22/h7-10,12,28H,4-6,17H2,1-3H3,(H,18,25)(H,19,24)(H,20,23)(H,21,22)(H,26,27). The van der Waals surface area contributed by atoms with Gasteiger partial charge in [-0.1, -0.05) is 13.8 Å². The number of carbonyl (C=O) groups is 5. The van der Waals surface area contributed by atoms with Crippen LogP contribution in [0.4, 0.5) is 0 Å². The molecule has 0 radical (unpaired) electrons. The van der Waals surface area contributed by atoms with Crippen LogP contribution in [0.15, 0.2) is 0 Å². The van der Waals surface area contributed by atoms with E-state index in [1.165, 1.54) is 6.92 Å². The Morgan fingerprint density at radius 1 is 0.929 bits per heavy atom. The zero-order chi connectivity index (χ0) is 22.0. The number of carbonyl (C=O) groups excluding carboxylic acids is 3. The van der Waals surface area contributed by atoms with Gasteiger partial charge >= 0.3 is 11.9 Å². The van der Waals surface area contributed by atoms with Crippen molar-refractivity contribution in [2.45, 2.75) is 57.8 Å². The predicted octanol–water partition coefficient (Wildman–Crippen LogP) is -1.68. The summed E-state index contributed by atoms with van der Waals surface area (Å²) in [6.07, 6.45) is -0.406. The van der Waals surface area contributed by atoms with Crippen LogP contribution in [0.5, 0.6) is 0 Å². The zero-order valence-corrected chi connectivity index (χ0v) is 16.9. The van der Waals surface area contributed by atoms with Gasteiger partial charge in [-0.3, -0.25) is 19.2 Å². The van der Waals surface area contributed by atoms with Crippen LogP contribution < -0.4 is 21.7 Å². The smallest absolute Gasteiger partial charge is 0.326 e. The molecule has 0 aromatic carbocycles. The molecule has 0 aromatic rings. The number of aliphatic carboxylic acids is 2. The first-order chi connectivity index (χ1) is 12.9. The summed E-state index contributed by atoms with van der Waals surface area (Å²) in [6.45, 7) is 4.62. The van der Waals surface area contributed by atoms with Crippen LogP contribution in [0, 0.1) is 5.92 Å². The number of nitrogens with one attached hydrogen (secondary N) is 3. The second-order valence-corrected chi connectivity index (χ2v) is 6.95. The molecule has 0 fully saturated rings. The van der Waals surface area contributed by atoms with E-state index in [0.717, 1.165) is 0 Å². The maximum Gasteiger partial charge on any atom is 0.326 e. The monoisotopic (exact) mass is 420 g/mol. The molecule has 3 amide bonds. The summed E-state index contributed by atoms with van der Waals surface area (Å²) in [7, 11) is 0. The Labute approximate surface area is 168 Å². The van der Waals surface area contributed by atoms with Crippen molar-refractivity contribution in [3.05, 3.63) is 0 Å². The maximum absolute atomic E-state index is 12.3. The molecule has 12 heteroatoms. The average molecular weight is 420 g/mol. The lowest BCUT2D eigenvalue weighted by molar-refractivity contribution is -0.143. The molecule has 160 valence electrons. The molecule has 0 saturated carbocycles. The van der Waals surface area contributed by atoms with Crippen molar-refractivity contribution in [1.82, 2.24) is 16.0 Å². The maximum atomic E-state index is 12.3. The predicted molar refractivity (Wildman–Crippen MR) is 103 cm³/mol. The number of thiol groups is 1. The van der Waals surface area contributed by atoms with Gasteiger partial charge in [-0.05, 0) is 19.3 Å². The van der Waals surface area contributed by atoms with E-state index in [4.69, 9.17) is 15.9 Å². The zero-order valence-electron chi connectivity index (χ0n) is 16.0. The number of carboxylic acid groups (broad SMARTS) is 2. The number of amides is 3. The van der Waals surface area contributed by atoms with Crippen molar-refractivity contribution in [2.75, 3.05) is 5.75 Å². The molecule has 0 heterocycles. The first-order valence-electron chi connectivity index (χ1n) is 8.62. The first-order valence-corrected chi connectivity index (χ1v) is 9.26. The van der Waals surface area contributed by atoms with Gasteiger partial charge in [-0.2, -0.15) is 12.6 Å². The van der Waals surface area contributed by atoms with Crippen LogP contribution >= 0.6 is 12.6 Å². The fourth-order valence-electron chi connectivity index (χ4n) is 2.05. The van der Waals surface area contributed by atoms with Crippen LogP contribution in [0.1, 0.15) is 33.6 Å². The van der Waals surface area contributed by atoms with E-state index in [9.17, 15) is 24.0 Å². The fourth-order valence-corrected chi connectivity index (χ4v) is 2.31. The van der Waals surface area contributed by atoms with Crippen molar-refractivity contribution in [3.8, 4) is 0 Å². The molecule has 0 rings (SSSR count). The van der Waals surface area contributed by atoms with Gasteiger partial charge in [0.25, 0.3) is 0 Å². The van der Waals surface area contributed by atoms with Crippen molar-refractivity contribution in [3.63, 3.8) is 0 Å². The highest BCUT2D eigenvalue weighted by molar-refractivity contribution is 7.80. The summed E-state index contributed by atoms with van der Waals surface area (Å²) in [6, 6.07) is -4.40. The van der Waals surface area contributed by atoms with E-state index in [1.54, 1.807) is 13.8 Å². The fraction of sp³-hybridized carbons (Fsp3) is 0.688. The minimum absolute atomic E-state index is 0.0959. The number of rotatable bonds is 12. The van der Waals surface area contributed by atoms with Gasteiger partial charge in [-0.15, -0.1) is 0 Å². The van der Waals surface area contributed by atoms with Crippen molar-refractivity contribution >= 4 is 42.3 Å². The van der Waals surface area contributed by atoms with Crippen LogP contribution in [0.2, 0.25) is 0 Å². The van der Waals surface area contributed by atoms with Gasteiger partial charge in [0.1, 0.15) is 18.1 Å². The normalized spacial score (nSPS) is 15.1. The van der Waals surface area contributed by atoms with Gasteiger partial charge in [0.15, 0.2) is 0 Å². The number of carboxylic acids is 2. The molecule has 0 bridgehead atoms. The molecule has 4 atom stereocenters. The van der Waals surface area contributed by atoms with Gasteiger partial charge in [0.05, 0.1) is 6.04 Å². The van der Waals surface area contributed by atoms with Crippen LogP contribution in [0.25, 0.3) is 0 Å². The van der Waals surface area contributed by atoms with Gasteiger partial charge < -0.3 is 31.9 Å². The highest BCUT2D eigenvalue weighted by Crippen LogP contribution is 2.03. The van der Waals surface area contributed by atoms with Gasteiger partial charge in [0.2, 0.25) is 17.7 Å². The van der Waals surface area contributed by atoms with Crippen molar-refractivity contribution in [1.29, 1.82) is 0 Å². The molecular formula is C16H28N4O7S. The minimum atomic E-state index is -1.20. The Hall–Kier alpha value is -2.34. The highest BCUT2D eigenvalue weighted by atomic mass is 32.1.